The average Bonchev–Trinajstić information content (AvgIpc) is 2.19. The Labute approximate surface area is 105 Å². The van der Waals surface area contributed by atoms with Crippen LogP contribution in [0.5, 0.6) is 0 Å². The lowest BCUT2D eigenvalue weighted by Gasteiger charge is -2.53. The Morgan fingerprint density at radius 2 is 2.00 bits per heavy atom. The van der Waals surface area contributed by atoms with Gasteiger partial charge in [0.2, 0.25) is 0 Å². The zero-order chi connectivity index (χ0) is 12.8. The highest BCUT2D eigenvalue weighted by Gasteiger charge is 2.50. The summed E-state index contributed by atoms with van der Waals surface area (Å²) in [6.45, 7) is 10.1. The van der Waals surface area contributed by atoms with E-state index in [9.17, 15) is 10.2 Å². The molecule has 0 heterocycles. The molecule has 0 radical (unpaired) electrons. The first-order chi connectivity index (χ1) is 7.75. The second kappa shape index (κ2) is 4.10. The van der Waals surface area contributed by atoms with Crippen LogP contribution in [0.3, 0.4) is 0 Å². The third-order valence-corrected chi connectivity index (χ3v) is 5.29. The Hall–Kier alpha value is -0.340. The highest BCUT2D eigenvalue weighted by molar-refractivity contribution is 5.15. The maximum Gasteiger partial charge on any atom is 0.0620 e. The summed E-state index contributed by atoms with van der Waals surface area (Å²) in [5.74, 6) is 0.571. The van der Waals surface area contributed by atoms with E-state index in [1.165, 1.54) is 5.57 Å². The van der Waals surface area contributed by atoms with E-state index in [-0.39, 0.29) is 17.4 Å². The fraction of sp³-hybridized carbons (Fsp3) is 0.867. The molecule has 2 rings (SSSR count). The molecule has 0 aromatic rings. The van der Waals surface area contributed by atoms with Gasteiger partial charge in [0.1, 0.15) is 0 Å². The Bertz CT molecular complexity index is 315. The fourth-order valence-corrected chi connectivity index (χ4v) is 3.84. The van der Waals surface area contributed by atoms with Gasteiger partial charge in [-0.25, -0.2) is 0 Å². The normalized spacial score (nSPS) is 43.4. The van der Waals surface area contributed by atoms with Gasteiger partial charge < -0.3 is 10.2 Å². The molecule has 0 aromatic heterocycles. The summed E-state index contributed by atoms with van der Waals surface area (Å²) in [7, 11) is 0. The Morgan fingerprint density at radius 3 is 2.59 bits per heavy atom. The molecule has 98 valence electrons. The van der Waals surface area contributed by atoms with Gasteiger partial charge in [0, 0.05) is 5.41 Å². The number of hydrogen-bond acceptors (Lipinski definition) is 2. The summed E-state index contributed by atoms with van der Waals surface area (Å²) >= 11 is 0. The SMILES string of the molecule is C=C1CCC[C@]2(C)[C@@H]1C[C@@H](C(C)(C)O)C[C@@H]2O. The maximum atomic E-state index is 10.5. The van der Waals surface area contributed by atoms with Crippen molar-refractivity contribution in [3.8, 4) is 0 Å². The third kappa shape index (κ3) is 2.17. The zero-order valence-corrected chi connectivity index (χ0v) is 11.4. The molecule has 2 heteroatoms. The van der Waals surface area contributed by atoms with Crippen LogP contribution in [-0.4, -0.2) is 21.9 Å². The standard InChI is InChI=1S/C15H26O2/c1-10-6-5-7-15(4)12(10)8-11(9-13(15)16)14(2,3)17/h11-13,16-17H,1,5-9H2,2-4H3/t11-,12-,13+,15-/m1/s1. The first kappa shape index (κ1) is 13.1. The largest absolute Gasteiger partial charge is 0.393 e. The van der Waals surface area contributed by atoms with Gasteiger partial charge in [-0.2, -0.15) is 0 Å². The summed E-state index contributed by atoms with van der Waals surface area (Å²) in [5.41, 5.74) is 0.587. The van der Waals surface area contributed by atoms with Gasteiger partial charge in [0.15, 0.2) is 0 Å². The molecular formula is C15H26O2. The van der Waals surface area contributed by atoms with Crippen molar-refractivity contribution in [1.82, 2.24) is 0 Å². The van der Waals surface area contributed by atoms with E-state index in [1.807, 2.05) is 13.8 Å². The van der Waals surface area contributed by atoms with E-state index >= 15 is 0 Å². The van der Waals surface area contributed by atoms with E-state index < -0.39 is 5.60 Å². The monoisotopic (exact) mass is 238 g/mol. The molecule has 0 unspecified atom stereocenters. The lowest BCUT2D eigenvalue weighted by atomic mass is 9.54. The van der Waals surface area contributed by atoms with Crippen LogP contribution in [0.1, 0.15) is 52.9 Å². The number of allylic oxidation sites excluding steroid dienone is 1. The minimum absolute atomic E-state index is 0.00289. The number of fused-ring (bicyclic) bond motifs is 1. The van der Waals surface area contributed by atoms with Crippen LogP contribution in [-0.2, 0) is 0 Å². The van der Waals surface area contributed by atoms with Crippen molar-refractivity contribution in [2.24, 2.45) is 17.3 Å². The smallest absolute Gasteiger partial charge is 0.0620 e. The number of hydrogen-bond donors (Lipinski definition) is 2. The van der Waals surface area contributed by atoms with E-state index in [4.69, 9.17) is 0 Å². The second-order valence-electron chi connectivity index (χ2n) is 6.91. The Morgan fingerprint density at radius 1 is 1.35 bits per heavy atom. The van der Waals surface area contributed by atoms with Gasteiger partial charge in [-0.05, 0) is 57.8 Å². The topological polar surface area (TPSA) is 40.5 Å². The number of aliphatic hydroxyl groups excluding tert-OH is 1. The van der Waals surface area contributed by atoms with Gasteiger partial charge in [0.05, 0.1) is 11.7 Å². The molecule has 2 aliphatic rings. The second-order valence-corrected chi connectivity index (χ2v) is 6.91. The molecule has 0 spiro atoms. The van der Waals surface area contributed by atoms with Crippen LogP contribution in [0.15, 0.2) is 12.2 Å². The predicted molar refractivity (Wildman–Crippen MR) is 69.6 cm³/mol. The summed E-state index contributed by atoms with van der Waals surface area (Å²) in [4.78, 5) is 0. The predicted octanol–water partition coefficient (Wildman–Crippen LogP) is 2.89. The Kier molecular flexibility index (Phi) is 3.16. The molecule has 2 fully saturated rings. The molecule has 2 aliphatic carbocycles. The first-order valence-electron chi connectivity index (χ1n) is 6.83. The van der Waals surface area contributed by atoms with Crippen molar-refractivity contribution in [3.05, 3.63) is 12.2 Å². The Balaban J connectivity index is 2.25. The van der Waals surface area contributed by atoms with E-state index in [1.54, 1.807) is 0 Å². The van der Waals surface area contributed by atoms with Gasteiger partial charge >= 0.3 is 0 Å². The highest BCUT2D eigenvalue weighted by Crippen LogP contribution is 2.54. The van der Waals surface area contributed by atoms with E-state index in [0.717, 1.165) is 32.1 Å². The quantitative estimate of drug-likeness (QED) is 0.690. The van der Waals surface area contributed by atoms with Crippen molar-refractivity contribution < 1.29 is 10.2 Å². The molecule has 0 aromatic carbocycles. The van der Waals surface area contributed by atoms with Gasteiger partial charge in [-0.15, -0.1) is 0 Å². The molecule has 0 aliphatic heterocycles. The molecule has 0 saturated heterocycles. The summed E-state index contributed by atoms with van der Waals surface area (Å²) in [5, 5.41) is 20.6. The van der Waals surface area contributed by atoms with Gasteiger partial charge in [-0.3, -0.25) is 0 Å². The van der Waals surface area contributed by atoms with Crippen molar-refractivity contribution in [3.63, 3.8) is 0 Å². The van der Waals surface area contributed by atoms with Gasteiger partial charge in [0.25, 0.3) is 0 Å². The van der Waals surface area contributed by atoms with Gasteiger partial charge in [-0.1, -0.05) is 19.1 Å². The lowest BCUT2D eigenvalue weighted by molar-refractivity contribution is -0.109. The minimum Gasteiger partial charge on any atom is -0.393 e. The van der Waals surface area contributed by atoms with Crippen LogP contribution >= 0.6 is 0 Å². The molecule has 0 bridgehead atoms. The summed E-state index contributed by atoms with van der Waals surface area (Å²) in [6, 6.07) is 0. The zero-order valence-electron chi connectivity index (χ0n) is 11.4. The molecule has 17 heavy (non-hydrogen) atoms. The van der Waals surface area contributed by atoms with Crippen LogP contribution in [0.2, 0.25) is 0 Å². The van der Waals surface area contributed by atoms with Crippen LogP contribution in [0.4, 0.5) is 0 Å². The number of rotatable bonds is 1. The summed E-state index contributed by atoms with van der Waals surface area (Å²) < 4.78 is 0. The average molecular weight is 238 g/mol. The van der Waals surface area contributed by atoms with Crippen LogP contribution < -0.4 is 0 Å². The van der Waals surface area contributed by atoms with Crippen molar-refractivity contribution in [1.29, 1.82) is 0 Å². The fourth-order valence-electron chi connectivity index (χ4n) is 3.84. The molecular weight excluding hydrogens is 212 g/mol. The third-order valence-electron chi connectivity index (χ3n) is 5.29. The van der Waals surface area contributed by atoms with E-state index in [2.05, 4.69) is 13.5 Å². The first-order valence-corrected chi connectivity index (χ1v) is 6.83. The van der Waals surface area contributed by atoms with Crippen LogP contribution in [0, 0.1) is 17.3 Å². The van der Waals surface area contributed by atoms with Crippen LogP contribution in [0.25, 0.3) is 0 Å². The molecule has 2 nitrogen and oxygen atoms in total. The maximum absolute atomic E-state index is 10.5. The molecule has 2 N–H and O–H groups in total. The van der Waals surface area contributed by atoms with E-state index in [0.29, 0.717) is 5.92 Å². The minimum atomic E-state index is -0.694. The molecule has 0 amide bonds. The molecule has 4 atom stereocenters. The highest BCUT2D eigenvalue weighted by atomic mass is 16.3. The summed E-state index contributed by atoms with van der Waals surface area (Å²) in [6.07, 6.45) is 4.74. The van der Waals surface area contributed by atoms with Crippen molar-refractivity contribution in [2.45, 2.75) is 64.6 Å². The number of aliphatic hydroxyl groups is 2. The lowest BCUT2D eigenvalue weighted by Crippen LogP contribution is -2.51. The molecule has 2 saturated carbocycles. The van der Waals surface area contributed by atoms with Crippen molar-refractivity contribution >= 4 is 0 Å². The van der Waals surface area contributed by atoms with Crippen molar-refractivity contribution in [2.75, 3.05) is 0 Å².